The molecule has 0 aliphatic carbocycles. The van der Waals surface area contributed by atoms with E-state index in [-0.39, 0.29) is 23.8 Å². The molecule has 0 bridgehead atoms. The zero-order valence-corrected chi connectivity index (χ0v) is 15.9. The minimum Gasteiger partial charge on any atom is -0.368 e. The third-order valence-corrected chi connectivity index (χ3v) is 4.97. The van der Waals surface area contributed by atoms with Gasteiger partial charge < -0.3 is 10.6 Å². The summed E-state index contributed by atoms with van der Waals surface area (Å²) in [6.45, 7) is 1.26. The maximum absolute atomic E-state index is 12.9. The number of carbonyl (C=O) groups excluding carboxylic acids is 1. The van der Waals surface area contributed by atoms with E-state index in [2.05, 4.69) is 19.9 Å². The molecule has 30 heavy (non-hydrogen) atoms. The third-order valence-electron chi connectivity index (χ3n) is 4.97. The standard InChI is InChI=1S/C21H18F3N5O/c22-21(23,24)15-3-1-2-13(8-15)9-19(30)18-10-16(4-6-26-18)29-7-5-17-14(12-29)11-27-20(25)28-17/h1-4,6,8,10-11H,5,7,9,12H2,(H2,25,27,28). The van der Waals surface area contributed by atoms with Crippen molar-refractivity contribution in [3.8, 4) is 0 Å². The maximum atomic E-state index is 12.9. The van der Waals surface area contributed by atoms with Crippen LogP contribution in [-0.4, -0.2) is 27.3 Å². The Labute approximate surface area is 170 Å². The topological polar surface area (TPSA) is 85.0 Å². The van der Waals surface area contributed by atoms with Gasteiger partial charge in [-0.05, 0) is 23.8 Å². The average molecular weight is 413 g/mol. The summed E-state index contributed by atoms with van der Waals surface area (Å²) in [6, 6.07) is 8.25. The van der Waals surface area contributed by atoms with Crippen molar-refractivity contribution >= 4 is 17.4 Å². The summed E-state index contributed by atoms with van der Waals surface area (Å²) in [7, 11) is 0. The van der Waals surface area contributed by atoms with E-state index in [1.54, 1.807) is 18.3 Å². The second kappa shape index (κ2) is 7.74. The molecule has 1 aliphatic heterocycles. The molecule has 1 aliphatic rings. The Bertz CT molecular complexity index is 1100. The highest BCUT2D eigenvalue weighted by molar-refractivity contribution is 5.96. The minimum atomic E-state index is -4.45. The van der Waals surface area contributed by atoms with E-state index in [9.17, 15) is 18.0 Å². The Hall–Kier alpha value is -3.49. The highest BCUT2D eigenvalue weighted by Crippen LogP contribution is 2.30. The Morgan fingerprint density at radius 3 is 2.80 bits per heavy atom. The van der Waals surface area contributed by atoms with Crippen molar-refractivity contribution in [1.29, 1.82) is 0 Å². The number of anilines is 2. The molecule has 4 rings (SSSR count). The van der Waals surface area contributed by atoms with E-state index in [1.165, 1.54) is 18.3 Å². The SMILES string of the molecule is Nc1ncc2c(n1)CCN(c1ccnc(C(=O)Cc3cccc(C(F)(F)F)c3)c1)C2. The fraction of sp³-hybridized carbons (Fsp3) is 0.238. The third kappa shape index (κ3) is 4.24. The van der Waals surface area contributed by atoms with Crippen molar-refractivity contribution in [2.75, 3.05) is 17.2 Å². The number of nitrogen functional groups attached to an aromatic ring is 1. The molecule has 154 valence electrons. The number of aromatic nitrogens is 3. The minimum absolute atomic E-state index is 0.156. The second-order valence-corrected chi connectivity index (χ2v) is 7.07. The van der Waals surface area contributed by atoms with Crippen LogP contribution in [0.5, 0.6) is 0 Å². The Balaban J connectivity index is 1.51. The van der Waals surface area contributed by atoms with Crippen molar-refractivity contribution in [3.05, 3.63) is 76.9 Å². The van der Waals surface area contributed by atoms with Gasteiger partial charge in [0.1, 0.15) is 5.69 Å². The molecular weight excluding hydrogens is 395 g/mol. The van der Waals surface area contributed by atoms with Gasteiger partial charge in [0.05, 0.1) is 11.3 Å². The number of fused-ring (bicyclic) bond motifs is 1. The quantitative estimate of drug-likeness (QED) is 0.660. The van der Waals surface area contributed by atoms with E-state index in [1.807, 2.05) is 0 Å². The molecule has 0 spiro atoms. The van der Waals surface area contributed by atoms with Gasteiger partial charge in [0.25, 0.3) is 0 Å². The lowest BCUT2D eigenvalue weighted by atomic mass is 10.0. The molecule has 0 saturated heterocycles. The van der Waals surface area contributed by atoms with Crippen LogP contribution in [0, 0.1) is 0 Å². The molecule has 0 atom stereocenters. The Morgan fingerprint density at radius 2 is 2.00 bits per heavy atom. The smallest absolute Gasteiger partial charge is 0.368 e. The first-order valence-corrected chi connectivity index (χ1v) is 9.30. The average Bonchev–Trinajstić information content (AvgIpc) is 2.73. The Morgan fingerprint density at radius 1 is 1.17 bits per heavy atom. The zero-order chi connectivity index (χ0) is 21.3. The zero-order valence-electron chi connectivity index (χ0n) is 15.9. The van der Waals surface area contributed by atoms with Gasteiger partial charge in [0.2, 0.25) is 5.95 Å². The van der Waals surface area contributed by atoms with E-state index < -0.39 is 11.7 Å². The molecule has 1 aromatic carbocycles. The molecular formula is C21H18F3N5O. The second-order valence-electron chi connectivity index (χ2n) is 7.07. The largest absolute Gasteiger partial charge is 0.416 e. The Kier molecular flexibility index (Phi) is 5.11. The van der Waals surface area contributed by atoms with E-state index in [4.69, 9.17) is 5.73 Å². The summed E-state index contributed by atoms with van der Waals surface area (Å²) in [5.74, 6) is -0.0988. The molecule has 0 saturated carbocycles. The number of nitrogens with zero attached hydrogens (tertiary/aromatic N) is 4. The predicted octanol–water partition coefficient (Wildman–Crippen LogP) is 3.46. The van der Waals surface area contributed by atoms with Gasteiger partial charge in [-0.15, -0.1) is 0 Å². The first kappa shape index (κ1) is 19.8. The van der Waals surface area contributed by atoms with Crippen LogP contribution in [0.4, 0.5) is 24.8 Å². The summed E-state index contributed by atoms with van der Waals surface area (Å²) in [5.41, 5.74) is 8.05. The lowest BCUT2D eigenvalue weighted by molar-refractivity contribution is -0.137. The summed E-state index contributed by atoms with van der Waals surface area (Å²) >= 11 is 0. The molecule has 3 heterocycles. The summed E-state index contributed by atoms with van der Waals surface area (Å²) in [6.07, 6.45) is -0.682. The lowest BCUT2D eigenvalue weighted by Crippen LogP contribution is -2.31. The predicted molar refractivity (Wildman–Crippen MR) is 105 cm³/mol. The van der Waals surface area contributed by atoms with Crippen LogP contribution >= 0.6 is 0 Å². The fourth-order valence-electron chi connectivity index (χ4n) is 3.45. The van der Waals surface area contributed by atoms with Crippen LogP contribution in [0.25, 0.3) is 0 Å². The molecule has 9 heteroatoms. The number of halogens is 3. The number of nitrogens with two attached hydrogens (primary N) is 1. The van der Waals surface area contributed by atoms with Gasteiger partial charge in [0.15, 0.2) is 5.78 Å². The number of pyridine rings is 1. The number of hydrogen-bond donors (Lipinski definition) is 1. The van der Waals surface area contributed by atoms with Crippen molar-refractivity contribution < 1.29 is 18.0 Å². The summed E-state index contributed by atoms with van der Waals surface area (Å²) < 4.78 is 38.7. The van der Waals surface area contributed by atoms with Crippen molar-refractivity contribution in [1.82, 2.24) is 15.0 Å². The number of benzene rings is 1. The summed E-state index contributed by atoms with van der Waals surface area (Å²) in [5, 5.41) is 0. The highest BCUT2D eigenvalue weighted by Gasteiger charge is 2.30. The lowest BCUT2D eigenvalue weighted by Gasteiger charge is -2.30. The molecule has 6 nitrogen and oxygen atoms in total. The van der Waals surface area contributed by atoms with Crippen LogP contribution in [0.15, 0.2) is 48.8 Å². The molecule has 0 radical (unpaired) electrons. The maximum Gasteiger partial charge on any atom is 0.416 e. The molecule has 0 unspecified atom stereocenters. The number of hydrogen-bond acceptors (Lipinski definition) is 6. The van der Waals surface area contributed by atoms with Gasteiger partial charge in [-0.2, -0.15) is 13.2 Å². The van der Waals surface area contributed by atoms with Crippen LogP contribution < -0.4 is 10.6 Å². The summed E-state index contributed by atoms with van der Waals surface area (Å²) in [4.78, 5) is 27.1. The number of alkyl halides is 3. The number of Topliss-reactive ketones (excluding diaryl/α,β-unsaturated/α-hetero) is 1. The van der Waals surface area contributed by atoms with E-state index in [0.29, 0.717) is 25.1 Å². The van der Waals surface area contributed by atoms with Crippen LogP contribution in [0.1, 0.15) is 32.9 Å². The molecule has 0 fully saturated rings. The molecule has 2 aromatic heterocycles. The number of rotatable bonds is 4. The van der Waals surface area contributed by atoms with Crippen molar-refractivity contribution in [2.24, 2.45) is 0 Å². The van der Waals surface area contributed by atoms with Crippen LogP contribution in [0.3, 0.4) is 0 Å². The normalized spacial score (nSPS) is 13.8. The van der Waals surface area contributed by atoms with Crippen molar-refractivity contribution in [2.45, 2.75) is 25.6 Å². The first-order chi connectivity index (χ1) is 14.3. The van der Waals surface area contributed by atoms with Gasteiger partial charge in [-0.3, -0.25) is 9.78 Å². The molecule has 0 amide bonds. The number of ketones is 1. The van der Waals surface area contributed by atoms with E-state index >= 15 is 0 Å². The van der Waals surface area contributed by atoms with E-state index in [0.717, 1.165) is 29.1 Å². The van der Waals surface area contributed by atoms with Crippen LogP contribution in [0.2, 0.25) is 0 Å². The van der Waals surface area contributed by atoms with Gasteiger partial charge in [0, 0.05) is 49.6 Å². The molecule has 3 aromatic rings. The van der Waals surface area contributed by atoms with Crippen molar-refractivity contribution in [3.63, 3.8) is 0 Å². The first-order valence-electron chi connectivity index (χ1n) is 9.30. The van der Waals surface area contributed by atoms with Crippen LogP contribution in [-0.2, 0) is 25.6 Å². The highest BCUT2D eigenvalue weighted by atomic mass is 19.4. The monoisotopic (exact) mass is 413 g/mol. The number of carbonyl (C=O) groups is 1. The van der Waals surface area contributed by atoms with Gasteiger partial charge in [-0.1, -0.05) is 18.2 Å². The molecule has 2 N–H and O–H groups in total. The van der Waals surface area contributed by atoms with Gasteiger partial charge >= 0.3 is 6.18 Å². The van der Waals surface area contributed by atoms with Gasteiger partial charge in [-0.25, -0.2) is 9.97 Å². The fourth-order valence-corrected chi connectivity index (χ4v) is 3.45.